The van der Waals surface area contributed by atoms with Crippen molar-refractivity contribution in [1.29, 1.82) is 0 Å². The number of pyridine rings is 2. The van der Waals surface area contributed by atoms with Gasteiger partial charge in [0, 0.05) is 37.2 Å². The normalized spacial score (nSPS) is 11.5. The molecule has 4 heteroatoms. The molecule has 0 aliphatic carbocycles. The van der Waals surface area contributed by atoms with Gasteiger partial charge in [0.2, 0.25) is 0 Å². The largest absolute Gasteiger partial charge is 0.305 e. The van der Waals surface area contributed by atoms with E-state index >= 15 is 0 Å². The van der Waals surface area contributed by atoms with Crippen LogP contribution in [0.2, 0.25) is 0 Å². The van der Waals surface area contributed by atoms with Gasteiger partial charge >= 0.3 is 0 Å². The van der Waals surface area contributed by atoms with Gasteiger partial charge in [0.25, 0.3) is 0 Å². The van der Waals surface area contributed by atoms with Gasteiger partial charge in [-0.15, -0.1) is 59.7 Å². The summed E-state index contributed by atoms with van der Waals surface area (Å²) in [5, 5.41) is 10.1. The second kappa shape index (κ2) is 17.0. The maximum absolute atomic E-state index is 4.91. The second-order valence-electron chi connectivity index (χ2n) is 16.1. The molecular formula is C55H46IrN2S-2. The summed E-state index contributed by atoms with van der Waals surface area (Å²) in [5.41, 5.74) is 11.1. The summed E-state index contributed by atoms with van der Waals surface area (Å²) >= 11 is 1.84. The minimum atomic E-state index is 0. The number of thiophene rings is 1. The Labute approximate surface area is 365 Å². The van der Waals surface area contributed by atoms with Crippen LogP contribution in [0.25, 0.3) is 86.1 Å². The van der Waals surface area contributed by atoms with Gasteiger partial charge in [0.1, 0.15) is 0 Å². The number of benzene rings is 7. The van der Waals surface area contributed by atoms with Crippen LogP contribution in [0.1, 0.15) is 76.0 Å². The van der Waals surface area contributed by atoms with Crippen molar-refractivity contribution < 1.29 is 20.1 Å². The van der Waals surface area contributed by atoms with E-state index in [1.807, 2.05) is 60.0 Å². The summed E-state index contributed by atoms with van der Waals surface area (Å²) < 4.78 is 2.58. The molecular weight excluding hydrogens is 913 g/mol. The van der Waals surface area contributed by atoms with Crippen LogP contribution in [0.3, 0.4) is 0 Å². The fraction of sp³-hybridized carbons (Fsp3) is 0.164. The van der Waals surface area contributed by atoms with Crippen molar-refractivity contribution in [3.63, 3.8) is 0 Å². The van der Waals surface area contributed by atoms with Gasteiger partial charge in [0.05, 0.1) is 0 Å². The van der Waals surface area contributed by atoms with E-state index in [2.05, 4.69) is 156 Å². The number of hydrogen-bond acceptors (Lipinski definition) is 3. The first kappa shape index (κ1) is 40.3. The standard InChI is InChI=1S/C44H38NS.C11H8N.Ir/c1-25(2)29-22-39(26(3)4)43(40(23-29)27(5)6)37-12-9-11-30-31-18-19-38-34(32(31)16-17-33(30)37)20-21-45-44(38)28-14-15-36-35-10-7-8-13-41(35)46-42(36)24-28;1-2-6-10(7-3-1)11-8-4-5-9-12-11;/h7-13,15-27H,1-6H3;1-6,8-9H;/q2*-1;. The summed E-state index contributed by atoms with van der Waals surface area (Å²) in [6.07, 6.45) is 3.75. The zero-order valence-electron chi connectivity index (χ0n) is 34.3. The summed E-state index contributed by atoms with van der Waals surface area (Å²) in [6, 6.07) is 56.7. The number of nitrogens with zero attached hydrogens (tertiary/aromatic N) is 2. The molecule has 0 aliphatic rings. The van der Waals surface area contributed by atoms with Crippen molar-refractivity contribution in [3.05, 3.63) is 181 Å². The maximum Gasteiger partial charge on any atom is 0.0246 e. The van der Waals surface area contributed by atoms with Gasteiger partial charge in [-0.1, -0.05) is 132 Å². The first-order valence-electron chi connectivity index (χ1n) is 20.4. The van der Waals surface area contributed by atoms with E-state index in [9.17, 15) is 0 Å². The molecule has 10 rings (SSSR count). The van der Waals surface area contributed by atoms with Crippen molar-refractivity contribution in [2.24, 2.45) is 0 Å². The molecule has 3 heterocycles. The number of fused-ring (bicyclic) bond motifs is 8. The molecule has 0 atom stereocenters. The smallest absolute Gasteiger partial charge is 0.0246 e. The summed E-state index contributed by atoms with van der Waals surface area (Å²) in [5.74, 6) is 1.36. The SMILES string of the molecule is CC(C)c1cc(C(C)C)c(-c2cccc3c2ccc2c4ccnc(-c5[c-]cc6c(c5)sc5ccccc56)c4ccc32)c(C(C)C)c1.[Ir].[c-]1ccccc1-c1ccccn1. The van der Waals surface area contributed by atoms with Crippen LogP contribution in [0.15, 0.2) is 152 Å². The third-order valence-corrected chi connectivity index (χ3v) is 12.6. The van der Waals surface area contributed by atoms with Crippen LogP contribution < -0.4 is 0 Å². The summed E-state index contributed by atoms with van der Waals surface area (Å²) in [6.45, 7) is 13.9. The quantitative estimate of drug-likeness (QED) is 0.123. The average Bonchev–Trinajstić information content (AvgIpc) is 3.64. The van der Waals surface area contributed by atoms with Crippen molar-refractivity contribution in [3.8, 4) is 33.6 Å². The van der Waals surface area contributed by atoms with E-state index in [0.29, 0.717) is 17.8 Å². The Hall–Kier alpha value is -5.51. The summed E-state index contributed by atoms with van der Waals surface area (Å²) in [7, 11) is 0. The first-order chi connectivity index (χ1) is 28.3. The van der Waals surface area contributed by atoms with E-state index in [0.717, 1.165) is 27.9 Å². The molecule has 0 saturated carbocycles. The number of rotatable bonds is 6. The Kier molecular flexibility index (Phi) is 11.6. The molecule has 2 nitrogen and oxygen atoms in total. The second-order valence-corrected chi connectivity index (χ2v) is 17.2. The zero-order chi connectivity index (χ0) is 39.9. The van der Waals surface area contributed by atoms with E-state index in [4.69, 9.17) is 4.98 Å². The average molecular weight is 959 g/mol. The van der Waals surface area contributed by atoms with Gasteiger partial charge in [-0.05, 0) is 118 Å². The molecule has 0 N–H and O–H groups in total. The van der Waals surface area contributed by atoms with Crippen molar-refractivity contribution in [2.45, 2.75) is 59.3 Å². The van der Waals surface area contributed by atoms with Crippen LogP contribution in [-0.4, -0.2) is 9.97 Å². The molecule has 0 unspecified atom stereocenters. The van der Waals surface area contributed by atoms with E-state index in [1.165, 1.54) is 74.9 Å². The van der Waals surface area contributed by atoms with Crippen LogP contribution in [0.5, 0.6) is 0 Å². The molecule has 0 aliphatic heterocycles. The third-order valence-electron chi connectivity index (χ3n) is 11.4. The number of aromatic nitrogens is 2. The Balaban J connectivity index is 0.000000319. The minimum Gasteiger partial charge on any atom is -0.305 e. The van der Waals surface area contributed by atoms with Crippen molar-refractivity contribution >= 4 is 63.8 Å². The van der Waals surface area contributed by atoms with Gasteiger partial charge in [-0.3, -0.25) is 0 Å². The van der Waals surface area contributed by atoms with E-state index in [-0.39, 0.29) is 20.1 Å². The Morgan fingerprint density at radius 3 is 1.83 bits per heavy atom. The maximum atomic E-state index is 4.91. The van der Waals surface area contributed by atoms with Gasteiger partial charge in [-0.2, -0.15) is 11.3 Å². The van der Waals surface area contributed by atoms with Crippen LogP contribution >= 0.6 is 11.3 Å². The molecule has 59 heavy (non-hydrogen) atoms. The molecule has 0 spiro atoms. The third kappa shape index (κ3) is 7.62. The fourth-order valence-corrected chi connectivity index (χ4v) is 9.54. The predicted molar refractivity (Wildman–Crippen MR) is 250 cm³/mol. The Bertz CT molecular complexity index is 3020. The molecule has 293 valence electrons. The van der Waals surface area contributed by atoms with E-state index < -0.39 is 0 Å². The van der Waals surface area contributed by atoms with Gasteiger partial charge in [0.15, 0.2) is 0 Å². The minimum absolute atomic E-state index is 0. The Morgan fingerprint density at radius 1 is 0.475 bits per heavy atom. The molecule has 0 bridgehead atoms. The van der Waals surface area contributed by atoms with Crippen molar-refractivity contribution in [1.82, 2.24) is 9.97 Å². The predicted octanol–water partition coefficient (Wildman–Crippen LogP) is 16.0. The fourth-order valence-electron chi connectivity index (χ4n) is 8.41. The molecule has 1 radical (unpaired) electrons. The monoisotopic (exact) mass is 959 g/mol. The Morgan fingerprint density at radius 2 is 1.14 bits per heavy atom. The van der Waals surface area contributed by atoms with Crippen LogP contribution in [-0.2, 0) is 20.1 Å². The number of hydrogen-bond donors (Lipinski definition) is 0. The van der Waals surface area contributed by atoms with Gasteiger partial charge in [-0.25, -0.2) is 0 Å². The molecule has 3 aromatic heterocycles. The van der Waals surface area contributed by atoms with Gasteiger partial charge < -0.3 is 9.97 Å². The van der Waals surface area contributed by atoms with Crippen molar-refractivity contribution in [2.75, 3.05) is 0 Å². The molecule has 10 aromatic rings. The molecule has 7 aromatic carbocycles. The molecule has 0 fully saturated rings. The van der Waals surface area contributed by atoms with Crippen LogP contribution in [0.4, 0.5) is 0 Å². The molecule has 0 amide bonds. The molecule has 0 saturated heterocycles. The summed E-state index contributed by atoms with van der Waals surface area (Å²) in [4.78, 5) is 9.12. The first-order valence-corrected chi connectivity index (χ1v) is 21.2. The van der Waals surface area contributed by atoms with Crippen LogP contribution in [0, 0.1) is 12.1 Å². The van der Waals surface area contributed by atoms with E-state index in [1.54, 1.807) is 6.20 Å². The topological polar surface area (TPSA) is 25.8 Å². The zero-order valence-corrected chi connectivity index (χ0v) is 37.5.